The average Bonchev–Trinajstić information content (AvgIpc) is 3.46. The molecule has 0 saturated carbocycles. The molecule has 0 amide bonds. The van der Waals surface area contributed by atoms with E-state index in [1.165, 1.54) is 61.9 Å². The molecule has 1 aromatic heterocycles. The van der Waals surface area contributed by atoms with Gasteiger partial charge in [-0.25, -0.2) is 23.7 Å². The van der Waals surface area contributed by atoms with Crippen LogP contribution in [0, 0.1) is 11.6 Å². The van der Waals surface area contributed by atoms with Crippen molar-refractivity contribution in [2.75, 3.05) is 0 Å². The van der Waals surface area contributed by atoms with Gasteiger partial charge in [-0.3, -0.25) is 0 Å². The van der Waals surface area contributed by atoms with Crippen LogP contribution in [0.5, 0.6) is 0 Å². The van der Waals surface area contributed by atoms with E-state index >= 15 is 0 Å². The predicted octanol–water partition coefficient (Wildman–Crippen LogP) is 15.0. The SMILES string of the molecule is Fc1ccc(-c2cccc(-c3nc(-c4cccc(-c5ccc(F)cc5)c4)nc(-c4ccc5c(c4)C4(c6ccccc6Sc6ccccc64)c4ccccc4-c4ccccc4-5)n3)c2)cc1. The van der Waals surface area contributed by atoms with Crippen molar-refractivity contribution in [2.24, 2.45) is 0 Å². The molecule has 1 aliphatic heterocycles. The number of hydrogen-bond acceptors (Lipinski definition) is 4. The average molecular weight is 844 g/mol. The van der Waals surface area contributed by atoms with E-state index in [-0.39, 0.29) is 11.6 Å². The highest BCUT2D eigenvalue weighted by atomic mass is 32.2. The molecular weight excluding hydrogens is 809 g/mol. The largest absolute Gasteiger partial charge is 0.208 e. The van der Waals surface area contributed by atoms with Gasteiger partial charge in [0.15, 0.2) is 17.5 Å². The molecule has 0 N–H and O–H groups in total. The van der Waals surface area contributed by atoms with Crippen molar-refractivity contribution in [1.29, 1.82) is 0 Å². The molecule has 0 fully saturated rings. The maximum absolute atomic E-state index is 14.0. The third kappa shape index (κ3) is 6.21. The summed E-state index contributed by atoms with van der Waals surface area (Å²) < 4.78 is 28.0. The third-order valence-corrected chi connectivity index (χ3v) is 13.7. The summed E-state index contributed by atoms with van der Waals surface area (Å²) in [6.07, 6.45) is 0. The molecule has 3 nitrogen and oxygen atoms in total. The van der Waals surface area contributed by atoms with Crippen LogP contribution in [0.25, 0.3) is 78.7 Å². The molecule has 302 valence electrons. The minimum atomic E-state index is -0.703. The fraction of sp³-hybridized carbons (Fsp3) is 0.0172. The molecular formula is C58H35F2N3S. The standard InChI is InChI=1S/C58H35F2N3S/c59-43-28-23-36(24-29-43)38-11-9-13-40(33-38)55-61-56(41-14-10-12-39(34-41)37-25-30-44(60)31-26-37)63-57(62-55)42-27-32-48-46-16-2-1-15-45(46)47-17-3-4-18-49(47)58(52(48)35-42)50-19-5-7-21-53(50)64-54-22-8-6-20-51(54)58/h1-35H. The molecule has 9 aromatic carbocycles. The summed E-state index contributed by atoms with van der Waals surface area (Å²) in [7, 11) is 0. The van der Waals surface area contributed by atoms with E-state index in [2.05, 4.69) is 115 Å². The van der Waals surface area contributed by atoms with E-state index in [4.69, 9.17) is 15.0 Å². The number of hydrogen-bond donors (Lipinski definition) is 0. The van der Waals surface area contributed by atoms with E-state index in [9.17, 15) is 8.78 Å². The second-order valence-electron chi connectivity index (χ2n) is 16.2. The third-order valence-electron chi connectivity index (χ3n) is 12.6. The Morgan fingerprint density at radius 2 is 0.688 bits per heavy atom. The highest BCUT2D eigenvalue weighted by molar-refractivity contribution is 7.99. The zero-order valence-corrected chi connectivity index (χ0v) is 35.0. The molecule has 1 aliphatic carbocycles. The molecule has 0 unspecified atom stereocenters. The van der Waals surface area contributed by atoms with Crippen molar-refractivity contribution < 1.29 is 8.78 Å². The van der Waals surface area contributed by atoms with Crippen molar-refractivity contribution in [1.82, 2.24) is 15.0 Å². The van der Waals surface area contributed by atoms with Gasteiger partial charge in [0.2, 0.25) is 0 Å². The fourth-order valence-corrected chi connectivity index (χ4v) is 10.9. The van der Waals surface area contributed by atoms with Crippen molar-refractivity contribution in [2.45, 2.75) is 15.2 Å². The smallest absolute Gasteiger partial charge is 0.164 e. The van der Waals surface area contributed by atoms with E-state index in [0.29, 0.717) is 17.5 Å². The van der Waals surface area contributed by atoms with Gasteiger partial charge in [-0.1, -0.05) is 169 Å². The van der Waals surface area contributed by atoms with E-state index < -0.39 is 5.41 Å². The molecule has 6 heteroatoms. The molecule has 10 aromatic rings. The van der Waals surface area contributed by atoms with Crippen LogP contribution < -0.4 is 0 Å². The lowest BCUT2D eigenvalue weighted by Crippen LogP contribution is -2.34. The minimum absolute atomic E-state index is 0.289. The van der Waals surface area contributed by atoms with Crippen LogP contribution >= 0.6 is 11.8 Å². The Labute approximate surface area is 373 Å². The predicted molar refractivity (Wildman–Crippen MR) is 254 cm³/mol. The monoisotopic (exact) mass is 843 g/mol. The summed E-state index contributed by atoms with van der Waals surface area (Å²) in [5.41, 5.74) is 14.8. The van der Waals surface area contributed by atoms with Crippen molar-refractivity contribution >= 4 is 11.8 Å². The van der Waals surface area contributed by atoms with Crippen molar-refractivity contribution in [3.05, 3.63) is 246 Å². The number of aromatic nitrogens is 3. The molecule has 12 rings (SSSR count). The topological polar surface area (TPSA) is 38.7 Å². The Bertz CT molecular complexity index is 3300. The number of halogens is 2. The van der Waals surface area contributed by atoms with Gasteiger partial charge in [0.05, 0.1) is 5.41 Å². The normalized spacial score (nSPS) is 12.9. The highest BCUT2D eigenvalue weighted by Gasteiger charge is 2.48. The first-order valence-electron chi connectivity index (χ1n) is 21.2. The Hall–Kier alpha value is -7.80. The summed E-state index contributed by atoms with van der Waals surface area (Å²) in [6, 6.07) is 71.0. The Morgan fingerprint density at radius 3 is 1.20 bits per heavy atom. The fourth-order valence-electron chi connectivity index (χ4n) is 9.67. The quantitative estimate of drug-likeness (QED) is 0.173. The maximum atomic E-state index is 14.0. The van der Waals surface area contributed by atoms with Crippen molar-refractivity contribution in [3.8, 4) is 78.7 Å². The zero-order chi connectivity index (χ0) is 42.8. The van der Waals surface area contributed by atoms with Gasteiger partial charge in [0.25, 0.3) is 0 Å². The zero-order valence-electron chi connectivity index (χ0n) is 34.2. The van der Waals surface area contributed by atoms with Gasteiger partial charge in [-0.15, -0.1) is 0 Å². The summed E-state index contributed by atoms with van der Waals surface area (Å²) in [6.45, 7) is 0. The van der Waals surface area contributed by atoms with Crippen LogP contribution in [0.1, 0.15) is 22.3 Å². The number of nitrogens with zero attached hydrogens (tertiary/aromatic N) is 3. The van der Waals surface area contributed by atoms with Crippen molar-refractivity contribution in [3.63, 3.8) is 0 Å². The number of fused-ring (bicyclic) bond motifs is 11. The van der Waals surface area contributed by atoms with Gasteiger partial charge >= 0.3 is 0 Å². The van der Waals surface area contributed by atoms with E-state index in [1.807, 2.05) is 60.3 Å². The first-order valence-corrected chi connectivity index (χ1v) is 22.0. The van der Waals surface area contributed by atoms with Crippen LogP contribution in [0.3, 0.4) is 0 Å². The summed E-state index contributed by atoms with van der Waals surface area (Å²) in [5.74, 6) is 0.948. The molecule has 0 radical (unpaired) electrons. The Morgan fingerprint density at radius 1 is 0.297 bits per heavy atom. The Balaban J connectivity index is 1.13. The van der Waals surface area contributed by atoms with Crippen LogP contribution in [-0.2, 0) is 5.41 Å². The van der Waals surface area contributed by atoms with Crippen LogP contribution in [0.15, 0.2) is 222 Å². The molecule has 64 heavy (non-hydrogen) atoms. The van der Waals surface area contributed by atoms with Gasteiger partial charge in [0, 0.05) is 26.5 Å². The first kappa shape index (κ1) is 37.9. The molecule has 0 saturated heterocycles. The summed E-state index contributed by atoms with van der Waals surface area (Å²) in [4.78, 5) is 18.2. The summed E-state index contributed by atoms with van der Waals surface area (Å²) >= 11 is 1.82. The van der Waals surface area contributed by atoms with Gasteiger partial charge in [-0.2, -0.15) is 0 Å². The number of rotatable bonds is 5. The van der Waals surface area contributed by atoms with Gasteiger partial charge < -0.3 is 0 Å². The highest BCUT2D eigenvalue weighted by Crippen LogP contribution is 2.61. The molecule has 1 spiro atoms. The lowest BCUT2D eigenvalue weighted by atomic mass is 9.63. The van der Waals surface area contributed by atoms with E-state index in [0.717, 1.165) is 55.6 Å². The molecule has 0 bridgehead atoms. The van der Waals surface area contributed by atoms with Gasteiger partial charge in [0.1, 0.15) is 11.6 Å². The molecule has 2 aliphatic rings. The Kier molecular flexibility index (Phi) is 9.02. The second-order valence-corrected chi connectivity index (χ2v) is 17.3. The lowest BCUT2D eigenvalue weighted by Gasteiger charge is -2.42. The van der Waals surface area contributed by atoms with E-state index in [1.54, 1.807) is 24.3 Å². The van der Waals surface area contributed by atoms with Gasteiger partial charge in [-0.05, 0) is 121 Å². The van der Waals surface area contributed by atoms with Crippen LogP contribution in [0.4, 0.5) is 8.78 Å². The molecule has 2 heterocycles. The van der Waals surface area contributed by atoms with Crippen LogP contribution in [0.2, 0.25) is 0 Å². The maximum Gasteiger partial charge on any atom is 0.164 e. The number of benzene rings is 9. The summed E-state index contributed by atoms with van der Waals surface area (Å²) in [5, 5.41) is 0. The first-order chi connectivity index (χ1) is 31.5. The molecule has 0 atom stereocenters. The lowest BCUT2D eigenvalue weighted by molar-refractivity contribution is 0.627. The minimum Gasteiger partial charge on any atom is -0.208 e. The second kappa shape index (κ2) is 15.2. The van der Waals surface area contributed by atoms with Crippen LogP contribution in [-0.4, -0.2) is 15.0 Å².